The SMILES string of the molecule is COC(=O)c1cc(Br)cc(N2C(=O)C3(CC2=CC=C(C)F)CC3(c2ccc(Cl)cc2)C(C)C)c1. The molecular formula is C27H26BrClFNO3. The van der Waals surface area contributed by atoms with Crippen molar-refractivity contribution in [3.8, 4) is 0 Å². The van der Waals surface area contributed by atoms with Crippen LogP contribution in [0, 0.1) is 11.3 Å². The Morgan fingerprint density at radius 3 is 2.50 bits per heavy atom. The lowest BCUT2D eigenvalue weighted by molar-refractivity contribution is -0.122. The van der Waals surface area contributed by atoms with Crippen LogP contribution >= 0.6 is 27.5 Å². The number of halogens is 3. The number of benzene rings is 2. The van der Waals surface area contributed by atoms with Gasteiger partial charge in [0.25, 0.3) is 0 Å². The molecule has 2 fully saturated rings. The second kappa shape index (κ2) is 8.97. The molecule has 4 rings (SSSR count). The number of hydrogen-bond acceptors (Lipinski definition) is 3. The Morgan fingerprint density at radius 1 is 1.24 bits per heavy atom. The molecule has 178 valence electrons. The van der Waals surface area contributed by atoms with Crippen LogP contribution in [0.5, 0.6) is 0 Å². The molecule has 7 heteroatoms. The van der Waals surface area contributed by atoms with Gasteiger partial charge in [-0.2, -0.15) is 0 Å². The van der Waals surface area contributed by atoms with E-state index in [0.717, 1.165) is 5.56 Å². The summed E-state index contributed by atoms with van der Waals surface area (Å²) < 4.78 is 19.2. The lowest BCUT2D eigenvalue weighted by Crippen LogP contribution is -2.33. The number of methoxy groups -OCH3 is 1. The van der Waals surface area contributed by atoms with Gasteiger partial charge in [-0.05, 0) is 67.3 Å². The Morgan fingerprint density at radius 2 is 1.91 bits per heavy atom. The molecule has 0 radical (unpaired) electrons. The Hall–Kier alpha value is -2.44. The molecule has 0 N–H and O–H groups in total. The van der Waals surface area contributed by atoms with E-state index in [1.807, 2.05) is 24.3 Å². The fourth-order valence-corrected chi connectivity index (χ4v) is 6.12. The van der Waals surface area contributed by atoms with Crippen molar-refractivity contribution in [2.75, 3.05) is 12.0 Å². The van der Waals surface area contributed by atoms with E-state index in [1.165, 1.54) is 20.1 Å². The van der Waals surface area contributed by atoms with Crippen molar-refractivity contribution >= 4 is 45.1 Å². The second-order valence-electron chi connectivity index (χ2n) is 9.31. The third-order valence-electron chi connectivity index (χ3n) is 7.10. The van der Waals surface area contributed by atoms with E-state index in [-0.39, 0.29) is 23.1 Å². The van der Waals surface area contributed by atoms with Crippen molar-refractivity contribution in [3.63, 3.8) is 0 Å². The molecule has 34 heavy (non-hydrogen) atoms. The van der Waals surface area contributed by atoms with Gasteiger partial charge < -0.3 is 4.74 Å². The monoisotopic (exact) mass is 545 g/mol. The van der Waals surface area contributed by atoms with Crippen LogP contribution in [0.25, 0.3) is 0 Å². The minimum Gasteiger partial charge on any atom is -0.465 e. The quantitative estimate of drug-likeness (QED) is 0.368. The lowest BCUT2D eigenvalue weighted by Gasteiger charge is -2.27. The molecule has 1 spiro atoms. The van der Waals surface area contributed by atoms with Gasteiger partial charge in [-0.1, -0.05) is 53.5 Å². The normalized spacial score (nSPS) is 25.5. The molecule has 2 aromatic carbocycles. The number of allylic oxidation sites excluding steroid dienone is 4. The zero-order valence-electron chi connectivity index (χ0n) is 19.5. The first kappa shape index (κ1) is 24.7. The second-order valence-corrected chi connectivity index (χ2v) is 10.7. The van der Waals surface area contributed by atoms with E-state index in [4.69, 9.17) is 16.3 Å². The summed E-state index contributed by atoms with van der Waals surface area (Å²) >= 11 is 9.58. The maximum absolute atomic E-state index is 14.2. The molecule has 1 aliphatic carbocycles. The number of esters is 1. The van der Waals surface area contributed by atoms with Gasteiger partial charge in [-0.15, -0.1) is 0 Å². The molecule has 0 aromatic heterocycles. The first-order chi connectivity index (χ1) is 16.1. The molecule has 1 heterocycles. The number of nitrogens with zero attached hydrogens (tertiary/aromatic N) is 1. The van der Waals surface area contributed by atoms with Crippen LogP contribution in [0.1, 0.15) is 49.5 Å². The Bertz CT molecular complexity index is 1220. The molecule has 1 saturated heterocycles. The molecule has 2 aromatic rings. The molecular weight excluding hydrogens is 521 g/mol. The minimum absolute atomic E-state index is 0.0544. The molecule has 1 aliphatic heterocycles. The van der Waals surface area contributed by atoms with Crippen LogP contribution in [0.2, 0.25) is 5.02 Å². The summed E-state index contributed by atoms with van der Waals surface area (Å²) in [4.78, 5) is 28.0. The number of rotatable bonds is 5. The smallest absolute Gasteiger partial charge is 0.337 e. The van der Waals surface area contributed by atoms with Crippen molar-refractivity contribution in [2.24, 2.45) is 11.3 Å². The van der Waals surface area contributed by atoms with Crippen molar-refractivity contribution < 1.29 is 18.7 Å². The van der Waals surface area contributed by atoms with E-state index in [9.17, 15) is 14.0 Å². The number of carbonyl (C=O) groups excluding carboxylic acids is 2. The summed E-state index contributed by atoms with van der Waals surface area (Å²) in [6, 6.07) is 12.8. The third kappa shape index (κ3) is 3.91. The topological polar surface area (TPSA) is 46.6 Å². The van der Waals surface area contributed by atoms with Crippen LogP contribution < -0.4 is 4.90 Å². The zero-order valence-corrected chi connectivity index (χ0v) is 21.8. The first-order valence-corrected chi connectivity index (χ1v) is 12.3. The largest absolute Gasteiger partial charge is 0.465 e. The van der Waals surface area contributed by atoms with E-state index in [2.05, 4.69) is 29.8 Å². The number of amides is 1. The molecule has 2 atom stereocenters. The summed E-state index contributed by atoms with van der Waals surface area (Å²) in [7, 11) is 1.31. The molecule has 0 bridgehead atoms. The summed E-state index contributed by atoms with van der Waals surface area (Å²) in [5, 5.41) is 0.644. The predicted octanol–water partition coefficient (Wildman–Crippen LogP) is 7.37. The first-order valence-electron chi connectivity index (χ1n) is 11.1. The summed E-state index contributed by atoms with van der Waals surface area (Å²) in [5.41, 5.74) is 1.59. The maximum Gasteiger partial charge on any atom is 0.337 e. The van der Waals surface area contributed by atoms with Gasteiger partial charge in [0.15, 0.2) is 0 Å². The van der Waals surface area contributed by atoms with E-state index in [0.29, 0.717) is 39.3 Å². The number of anilines is 1. The summed E-state index contributed by atoms with van der Waals surface area (Å²) in [5.74, 6) is -0.723. The number of carbonyl (C=O) groups is 2. The minimum atomic E-state index is -0.660. The van der Waals surface area contributed by atoms with Crippen LogP contribution in [-0.2, 0) is 14.9 Å². The number of ether oxygens (including phenoxy) is 1. The van der Waals surface area contributed by atoms with Crippen molar-refractivity contribution in [2.45, 2.75) is 39.0 Å². The average Bonchev–Trinajstić information content (AvgIpc) is 3.39. The Balaban J connectivity index is 1.86. The highest BCUT2D eigenvalue weighted by Gasteiger charge is 2.76. The fourth-order valence-electron chi connectivity index (χ4n) is 5.51. The molecule has 1 saturated carbocycles. The van der Waals surface area contributed by atoms with Gasteiger partial charge in [0.1, 0.15) is 0 Å². The van der Waals surface area contributed by atoms with E-state index < -0.39 is 11.4 Å². The summed E-state index contributed by atoms with van der Waals surface area (Å²) in [6.45, 7) is 5.62. The Kier molecular flexibility index (Phi) is 6.51. The zero-order chi connectivity index (χ0) is 24.8. The third-order valence-corrected chi connectivity index (χ3v) is 7.81. The molecule has 2 unspecified atom stereocenters. The molecule has 4 nitrogen and oxygen atoms in total. The highest BCUT2D eigenvalue weighted by molar-refractivity contribution is 9.10. The summed E-state index contributed by atoms with van der Waals surface area (Å²) in [6.07, 6.45) is 4.18. The van der Waals surface area contributed by atoms with E-state index >= 15 is 0 Å². The standard InChI is InChI=1S/C27H26BrClFNO3/c1-16(2)27(19-6-8-21(29)9-7-19)15-26(27)14-22(10-5-17(3)30)31(25(26)33)23-12-18(24(32)34-4)11-20(28)13-23/h5-13,16H,14-15H2,1-4H3. The molecule has 1 amide bonds. The fraction of sp³-hybridized carbons (Fsp3) is 0.333. The number of hydrogen-bond donors (Lipinski definition) is 0. The van der Waals surface area contributed by atoms with Crippen LogP contribution in [-0.4, -0.2) is 19.0 Å². The van der Waals surface area contributed by atoms with Gasteiger partial charge in [0.05, 0.1) is 29.6 Å². The average molecular weight is 547 g/mol. The molecule has 2 aliphatic rings. The van der Waals surface area contributed by atoms with Crippen molar-refractivity contribution in [1.82, 2.24) is 0 Å². The van der Waals surface area contributed by atoms with Gasteiger partial charge in [-0.25, -0.2) is 9.18 Å². The van der Waals surface area contributed by atoms with Crippen molar-refractivity contribution in [1.29, 1.82) is 0 Å². The maximum atomic E-state index is 14.2. The predicted molar refractivity (Wildman–Crippen MR) is 136 cm³/mol. The highest BCUT2D eigenvalue weighted by Crippen LogP contribution is 2.74. The van der Waals surface area contributed by atoms with E-state index in [1.54, 1.807) is 29.2 Å². The van der Waals surface area contributed by atoms with Gasteiger partial charge in [0, 0.05) is 27.0 Å². The van der Waals surface area contributed by atoms with Gasteiger partial charge in [-0.3, -0.25) is 9.69 Å². The Labute approximate surface area is 212 Å². The van der Waals surface area contributed by atoms with Gasteiger partial charge in [0.2, 0.25) is 5.91 Å². The van der Waals surface area contributed by atoms with Crippen LogP contribution in [0.4, 0.5) is 10.1 Å². The van der Waals surface area contributed by atoms with Gasteiger partial charge >= 0.3 is 5.97 Å². The lowest BCUT2D eigenvalue weighted by atomic mass is 9.77. The van der Waals surface area contributed by atoms with Crippen molar-refractivity contribution in [3.05, 3.63) is 86.8 Å². The van der Waals surface area contributed by atoms with Crippen LogP contribution in [0.3, 0.4) is 0 Å². The highest BCUT2D eigenvalue weighted by atomic mass is 79.9. The van der Waals surface area contributed by atoms with Crippen LogP contribution in [0.15, 0.2) is 70.6 Å².